The normalized spacial score (nSPS) is 23.8. The number of thiophene rings is 1. The van der Waals surface area contributed by atoms with Gasteiger partial charge in [0.2, 0.25) is 0 Å². The molecule has 90 valence electrons. The van der Waals surface area contributed by atoms with Crippen LogP contribution in [0.3, 0.4) is 0 Å². The highest BCUT2D eigenvalue weighted by Gasteiger charge is 2.42. The number of hydrogen-bond acceptors (Lipinski definition) is 3. The van der Waals surface area contributed by atoms with Crippen molar-refractivity contribution in [2.45, 2.75) is 45.3 Å². The smallest absolute Gasteiger partial charge is 0.1000 e. The Morgan fingerprint density at radius 3 is 2.81 bits per heavy atom. The van der Waals surface area contributed by atoms with Crippen LogP contribution < -0.4 is 5.32 Å². The van der Waals surface area contributed by atoms with Crippen LogP contribution in [0, 0.1) is 5.41 Å². The van der Waals surface area contributed by atoms with Crippen molar-refractivity contribution in [2.75, 3.05) is 6.54 Å². The lowest BCUT2D eigenvalue weighted by molar-refractivity contribution is 0.0522. The summed E-state index contributed by atoms with van der Waals surface area (Å²) in [5, 5.41) is 17.9. The molecule has 0 spiro atoms. The van der Waals surface area contributed by atoms with Gasteiger partial charge in [0.1, 0.15) is 0 Å². The highest BCUT2D eigenvalue weighted by atomic mass is 32.1. The van der Waals surface area contributed by atoms with E-state index in [0.29, 0.717) is 18.0 Å². The van der Waals surface area contributed by atoms with Gasteiger partial charge in [0, 0.05) is 12.6 Å². The number of nitrogens with one attached hydrogen (secondary N) is 1. The molecule has 0 radical (unpaired) electrons. The molecule has 2 rings (SSSR count). The molecule has 2 nitrogen and oxygen atoms in total. The zero-order chi connectivity index (χ0) is 11.8. The molecule has 2 atom stereocenters. The Morgan fingerprint density at radius 1 is 1.62 bits per heavy atom. The van der Waals surface area contributed by atoms with E-state index in [1.807, 2.05) is 23.8 Å². The molecule has 0 bridgehead atoms. The fourth-order valence-electron chi connectivity index (χ4n) is 1.90. The second-order valence-corrected chi connectivity index (χ2v) is 6.32. The van der Waals surface area contributed by atoms with Crippen LogP contribution >= 0.6 is 11.3 Å². The minimum atomic E-state index is -0.750. The van der Waals surface area contributed by atoms with Gasteiger partial charge in [0.15, 0.2) is 0 Å². The van der Waals surface area contributed by atoms with Crippen molar-refractivity contribution >= 4 is 11.3 Å². The fourth-order valence-corrected chi connectivity index (χ4v) is 2.68. The van der Waals surface area contributed by atoms with E-state index in [4.69, 9.17) is 0 Å². The van der Waals surface area contributed by atoms with Crippen molar-refractivity contribution in [2.24, 2.45) is 5.41 Å². The van der Waals surface area contributed by atoms with E-state index in [9.17, 15) is 5.11 Å². The Balaban J connectivity index is 1.89. The Kier molecular flexibility index (Phi) is 3.12. The first-order valence-electron chi connectivity index (χ1n) is 5.92. The highest BCUT2D eigenvalue weighted by molar-refractivity contribution is 7.08. The van der Waals surface area contributed by atoms with Gasteiger partial charge in [-0.25, -0.2) is 0 Å². The summed E-state index contributed by atoms with van der Waals surface area (Å²) < 4.78 is 0. The maximum Gasteiger partial charge on any atom is 0.1000 e. The van der Waals surface area contributed by atoms with Gasteiger partial charge in [-0.15, -0.1) is 0 Å². The lowest BCUT2D eigenvalue weighted by Gasteiger charge is -2.28. The molecule has 1 aromatic rings. The topological polar surface area (TPSA) is 32.3 Å². The van der Waals surface area contributed by atoms with E-state index < -0.39 is 5.60 Å². The lowest BCUT2D eigenvalue weighted by atomic mass is 9.96. The quantitative estimate of drug-likeness (QED) is 0.828. The Morgan fingerprint density at radius 2 is 2.31 bits per heavy atom. The SMILES string of the molecule is CC(NCC(C)(O)c1ccsc1)C1(C)CC1. The molecule has 0 amide bonds. The molecule has 1 saturated carbocycles. The molecular formula is C13H21NOS. The summed E-state index contributed by atoms with van der Waals surface area (Å²) >= 11 is 1.63. The van der Waals surface area contributed by atoms with Crippen LogP contribution in [0.4, 0.5) is 0 Å². The third kappa shape index (κ3) is 2.47. The van der Waals surface area contributed by atoms with Gasteiger partial charge in [-0.2, -0.15) is 11.3 Å². The van der Waals surface area contributed by atoms with Crippen molar-refractivity contribution < 1.29 is 5.11 Å². The van der Waals surface area contributed by atoms with E-state index in [-0.39, 0.29) is 0 Å². The maximum absolute atomic E-state index is 10.4. The van der Waals surface area contributed by atoms with Gasteiger partial charge in [-0.3, -0.25) is 0 Å². The van der Waals surface area contributed by atoms with Crippen LogP contribution in [-0.2, 0) is 5.60 Å². The van der Waals surface area contributed by atoms with Crippen LogP contribution in [-0.4, -0.2) is 17.7 Å². The molecule has 3 heteroatoms. The second kappa shape index (κ2) is 4.13. The van der Waals surface area contributed by atoms with Crippen molar-refractivity contribution in [3.63, 3.8) is 0 Å². The molecule has 2 N–H and O–H groups in total. The average Bonchev–Trinajstić information content (AvgIpc) is 2.80. The molecule has 2 unspecified atom stereocenters. The van der Waals surface area contributed by atoms with Crippen LogP contribution in [0.5, 0.6) is 0 Å². The van der Waals surface area contributed by atoms with Crippen molar-refractivity contribution in [1.82, 2.24) is 5.32 Å². The van der Waals surface area contributed by atoms with Crippen molar-refractivity contribution in [1.29, 1.82) is 0 Å². The summed E-state index contributed by atoms with van der Waals surface area (Å²) in [5.74, 6) is 0. The Hall–Kier alpha value is -0.380. The van der Waals surface area contributed by atoms with Crippen molar-refractivity contribution in [3.05, 3.63) is 22.4 Å². The van der Waals surface area contributed by atoms with Crippen LogP contribution in [0.15, 0.2) is 16.8 Å². The number of aliphatic hydroxyl groups is 1. The fraction of sp³-hybridized carbons (Fsp3) is 0.692. The predicted octanol–water partition coefficient (Wildman–Crippen LogP) is 2.73. The van der Waals surface area contributed by atoms with Gasteiger partial charge in [0.05, 0.1) is 5.60 Å². The van der Waals surface area contributed by atoms with Gasteiger partial charge in [0.25, 0.3) is 0 Å². The van der Waals surface area contributed by atoms with Crippen LogP contribution in [0.25, 0.3) is 0 Å². The number of hydrogen-bond donors (Lipinski definition) is 2. The Labute approximate surface area is 102 Å². The zero-order valence-corrected chi connectivity index (χ0v) is 11.1. The van der Waals surface area contributed by atoms with E-state index in [0.717, 1.165) is 5.56 Å². The largest absolute Gasteiger partial charge is 0.384 e. The summed E-state index contributed by atoms with van der Waals surface area (Å²) in [4.78, 5) is 0. The predicted molar refractivity (Wildman–Crippen MR) is 68.7 cm³/mol. The molecule has 1 fully saturated rings. The maximum atomic E-state index is 10.4. The summed E-state index contributed by atoms with van der Waals surface area (Å²) in [6.45, 7) is 7.03. The zero-order valence-electron chi connectivity index (χ0n) is 10.3. The average molecular weight is 239 g/mol. The molecule has 1 heterocycles. The van der Waals surface area contributed by atoms with E-state index in [1.54, 1.807) is 11.3 Å². The van der Waals surface area contributed by atoms with Crippen LogP contribution in [0.2, 0.25) is 0 Å². The van der Waals surface area contributed by atoms with Gasteiger partial charge in [-0.1, -0.05) is 6.92 Å². The van der Waals surface area contributed by atoms with E-state index in [1.165, 1.54) is 12.8 Å². The monoisotopic (exact) mass is 239 g/mol. The molecule has 1 aliphatic rings. The minimum absolute atomic E-state index is 0.463. The first kappa shape index (κ1) is 12.1. The summed E-state index contributed by atoms with van der Waals surface area (Å²) in [6, 6.07) is 2.48. The first-order valence-corrected chi connectivity index (χ1v) is 6.87. The lowest BCUT2D eigenvalue weighted by Crippen LogP contribution is -2.42. The molecule has 16 heavy (non-hydrogen) atoms. The molecule has 0 aromatic carbocycles. The highest BCUT2D eigenvalue weighted by Crippen LogP contribution is 2.48. The Bertz CT molecular complexity index is 341. The number of rotatable bonds is 5. The van der Waals surface area contributed by atoms with E-state index >= 15 is 0 Å². The molecule has 1 aromatic heterocycles. The molecule has 0 aliphatic heterocycles. The third-order valence-electron chi connectivity index (χ3n) is 3.98. The summed E-state index contributed by atoms with van der Waals surface area (Å²) in [5.41, 5.74) is 0.725. The van der Waals surface area contributed by atoms with Crippen molar-refractivity contribution in [3.8, 4) is 0 Å². The van der Waals surface area contributed by atoms with E-state index in [2.05, 4.69) is 19.2 Å². The second-order valence-electron chi connectivity index (χ2n) is 5.54. The standard InChI is InChI=1S/C13H21NOS/c1-10(12(2)5-6-12)14-9-13(3,15)11-4-7-16-8-11/h4,7-8,10,14-15H,5-6,9H2,1-3H3. The van der Waals surface area contributed by atoms with Gasteiger partial charge in [-0.05, 0) is 54.5 Å². The van der Waals surface area contributed by atoms with Gasteiger partial charge < -0.3 is 10.4 Å². The molecule has 0 saturated heterocycles. The molecular weight excluding hydrogens is 218 g/mol. The molecule has 1 aliphatic carbocycles. The van der Waals surface area contributed by atoms with Crippen LogP contribution in [0.1, 0.15) is 39.2 Å². The first-order chi connectivity index (χ1) is 7.44. The summed E-state index contributed by atoms with van der Waals surface area (Å²) in [6.07, 6.45) is 2.61. The third-order valence-corrected chi connectivity index (χ3v) is 4.66. The summed E-state index contributed by atoms with van der Waals surface area (Å²) in [7, 11) is 0. The van der Waals surface area contributed by atoms with Gasteiger partial charge >= 0.3 is 0 Å². The minimum Gasteiger partial charge on any atom is -0.384 e.